The number of benzene rings is 1. The largest absolute Gasteiger partial charge is 0.368 e. The van der Waals surface area contributed by atoms with E-state index in [4.69, 9.17) is 5.73 Å². The van der Waals surface area contributed by atoms with Crippen LogP contribution in [0.25, 0.3) is 21.3 Å². The number of carbonyl (C=O) groups is 1. The summed E-state index contributed by atoms with van der Waals surface area (Å²) in [4.78, 5) is 39.5. The molecule has 1 aromatic carbocycles. The molecule has 0 spiro atoms. The molecule has 7 heteroatoms. The van der Waals surface area contributed by atoms with Crippen LogP contribution in [-0.4, -0.2) is 15.5 Å². The Hall–Kier alpha value is -2.67. The van der Waals surface area contributed by atoms with E-state index >= 15 is 0 Å². The van der Waals surface area contributed by atoms with Gasteiger partial charge in [-0.1, -0.05) is 31.2 Å². The minimum absolute atomic E-state index is 0.400. The Morgan fingerprint density at radius 2 is 1.96 bits per heavy atom. The number of H-pyrrole nitrogens is 1. The van der Waals surface area contributed by atoms with Crippen LogP contribution in [0, 0.1) is 0 Å². The Bertz CT molecular complexity index is 1030. The second-order valence-electron chi connectivity index (χ2n) is 5.59. The molecule has 0 aliphatic rings. The maximum atomic E-state index is 12.8. The molecule has 3 rings (SSSR count). The summed E-state index contributed by atoms with van der Waals surface area (Å²) in [6.07, 6.45) is 0.931. The maximum Gasteiger partial charge on any atom is 0.330 e. The van der Waals surface area contributed by atoms with E-state index in [9.17, 15) is 14.4 Å². The molecule has 6 nitrogen and oxygen atoms in total. The summed E-state index contributed by atoms with van der Waals surface area (Å²) in [5, 5.41) is 2.24. The highest BCUT2D eigenvalue weighted by Crippen LogP contribution is 2.30. The van der Waals surface area contributed by atoms with Crippen molar-refractivity contribution >= 4 is 27.5 Å². The Balaban J connectivity index is 2.28. The number of thiophene rings is 1. The summed E-state index contributed by atoms with van der Waals surface area (Å²) >= 11 is 1.29. The van der Waals surface area contributed by atoms with Crippen LogP contribution in [0.2, 0.25) is 0 Å². The number of aromatic amines is 1. The molecule has 0 radical (unpaired) electrons. The van der Waals surface area contributed by atoms with E-state index in [1.807, 2.05) is 29.6 Å². The molecule has 0 saturated heterocycles. The van der Waals surface area contributed by atoms with Crippen LogP contribution in [0.4, 0.5) is 0 Å². The van der Waals surface area contributed by atoms with E-state index in [0.717, 1.165) is 22.1 Å². The number of aromatic nitrogens is 2. The number of nitrogens with two attached hydrogens (primary N) is 1. The van der Waals surface area contributed by atoms with Gasteiger partial charge in [-0.25, -0.2) is 9.36 Å². The molecule has 1 unspecified atom stereocenters. The van der Waals surface area contributed by atoms with Gasteiger partial charge in [0.2, 0.25) is 5.91 Å². The number of amides is 1. The Morgan fingerprint density at radius 3 is 2.54 bits per heavy atom. The molecule has 0 aliphatic carbocycles. The average Bonchev–Trinajstić information content (AvgIpc) is 2.98. The molecule has 24 heavy (non-hydrogen) atoms. The van der Waals surface area contributed by atoms with E-state index in [1.165, 1.54) is 23.8 Å². The normalized spacial score (nSPS) is 12.4. The molecule has 0 saturated carbocycles. The number of aryl methyl sites for hydroxylation is 1. The molecule has 0 fully saturated rings. The fraction of sp³-hybridized carbons (Fsp3) is 0.235. The van der Waals surface area contributed by atoms with E-state index in [1.54, 1.807) is 0 Å². The Morgan fingerprint density at radius 1 is 1.29 bits per heavy atom. The van der Waals surface area contributed by atoms with Crippen LogP contribution in [-0.2, 0) is 11.2 Å². The van der Waals surface area contributed by atoms with E-state index < -0.39 is 23.2 Å². The van der Waals surface area contributed by atoms with Gasteiger partial charge in [-0.15, -0.1) is 11.3 Å². The standard InChI is InChI=1S/C17H17N3O3S/c1-3-10-4-6-11(7-5-10)12-8-24-15-13(12)16(22)20(17(23)19-15)9(2)14(18)21/h4-9H,3H2,1-2H3,(H2,18,21)(H,19,23). The van der Waals surface area contributed by atoms with Gasteiger partial charge in [-0.3, -0.25) is 14.6 Å². The molecular weight excluding hydrogens is 326 g/mol. The molecule has 1 atom stereocenters. The van der Waals surface area contributed by atoms with E-state index in [0.29, 0.717) is 10.2 Å². The zero-order chi connectivity index (χ0) is 17.4. The van der Waals surface area contributed by atoms with Crippen LogP contribution >= 0.6 is 11.3 Å². The number of nitrogens with one attached hydrogen (secondary N) is 1. The monoisotopic (exact) mass is 343 g/mol. The number of hydrogen-bond acceptors (Lipinski definition) is 4. The van der Waals surface area contributed by atoms with Crippen LogP contribution in [0.3, 0.4) is 0 Å². The zero-order valence-electron chi connectivity index (χ0n) is 13.3. The van der Waals surface area contributed by atoms with Gasteiger partial charge in [0.25, 0.3) is 5.56 Å². The highest BCUT2D eigenvalue weighted by molar-refractivity contribution is 7.17. The van der Waals surface area contributed by atoms with Crippen molar-refractivity contribution in [3.8, 4) is 11.1 Å². The summed E-state index contributed by atoms with van der Waals surface area (Å²) in [6, 6.07) is 6.91. The van der Waals surface area contributed by atoms with Gasteiger partial charge in [-0.2, -0.15) is 0 Å². The van der Waals surface area contributed by atoms with Crippen molar-refractivity contribution in [2.24, 2.45) is 5.73 Å². The van der Waals surface area contributed by atoms with Crippen molar-refractivity contribution in [2.75, 3.05) is 0 Å². The molecule has 2 aromatic heterocycles. The number of hydrogen-bond donors (Lipinski definition) is 2. The van der Waals surface area contributed by atoms with Crippen LogP contribution < -0.4 is 17.0 Å². The fourth-order valence-corrected chi connectivity index (χ4v) is 3.59. The molecule has 3 aromatic rings. The second-order valence-corrected chi connectivity index (χ2v) is 6.47. The van der Waals surface area contributed by atoms with Crippen LogP contribution in [0.1, 0.15) is 25.5 Å². The van der Waals surface area contributed by atoms with Gasteiger partial charge < -0.3 is 5.73 Å². The summed E-state index contributed by atoms with van der Waals surface area (Å²) in [5.74, 6) is -0.731. The van der Waals surface area contributed by atoms with Gasteiger partial charge in [0.15, 0.2) is 0 Å². The average molecular weight is 343 g/mol. The van der Waals surface area contributed by atoms with Crippen LogP contribution in [0.5, 0.6) is 0 Å². The summed E-state index contributed by atoms with van der Waals surface area (Å²) in [5.41, 5.74) is 6.95. The number of fused-ring (bicyclic) bond motifs is 1. The van der Waals surface area contributed by atoms with Gasteiger partial charge in [0.1, 0.15) is 10.9 Å². The Labute approximate surface area is 141 Å². The van der Waals surface area contributed by atoms with Crippen LogP contribution in [0.15, 0.2) is 39.2 Å². The van der Waals surface area contributed by atoms with Crippen molar-refractivity contribution in [1.82, 2.24) is 9.55 Å². The third kappa shape index (κ3) is 2.56. The lowest BCUT2D eigenvalue weighted by molar-refractivity contribution is -0.120. The molecule has 2 heterocycles. The van der Waals surface area contributed by atoms with Gasteiger partial charge in [-0.05, 0) is 24.5 Å². The highest BCUT2D eigenvalue weighted by atomic mass is 32.1. The molecular formula is C17H17N3O3S. The lowest BCUT2D eigenvalue weighted by atomic mass is 10.0. The van der Waals surface area contributed by atoms with E-state index in [2.05, 4.69) is 11.9 Å². The summed E-state index contributed by atoms with van der Waals surface area (Å²) < 4.78 is 0.876. The predicted molar refractivity (Wildman–Crippen MR) is 95.4 cm³/mol. The SMILES string of the molecule is CCc1ccc(-c2csc3[nH]c(=O)n(C(C)C(N)=O)c(=O)c23)cc1. The number of rotatable bonds is 4. The number of carbonyl (C=O) groups excluding carboxylic acids is 1. The minimum Gasteiger partial charge on any atom is -0.368 e. The highest BCUT2D eigenvalue weighted by Gasteiger charge is 2.20. The third-order valence-electron chi connectivity index (χ3n) is 4.14. The number of nitrogens with zero attached hydrogens (tertiary/aromatic N) is 1. The lowest BCUT2D eigenvalue weighted by Crippen LogP contribution is -2.41. The molecule has 3 N–H and O–H groups in total. The van der Waals surface area contributed by atoms with Gasteiger partial charge in [0.05, 0.1) is 5.39 Å². The first-order valence-electron chi connectivity index (χ1n) is 7.58. The number of primary amides is 1. The zero-order valence-corrected chi connectivity index (χ0v) is 14.1. The lowest BCUT2D eigenvalue weighted by Gasteiger charge is -2.10. The molecule has 0 bridgehead atoms. The van der Waals surface area contributed by atoms with Crippen molar-refractivity contribution in [3.05, 3.63) is 56.0 Å². The summed E-state index contributed by atoms with van der Waals surface area (Å²) in [7, 11) is 0. The summed E-state index contributed by atoms with van der Waals surface area (Å²) in [6.45, 7) is 3.51. The minimum atomic E-state index is -1.01. The first kappa shape index (κ1) is 16.2. The smallest absolute Gasteiger partial charge is 0.330 e. The predicted octanol–water partition coefficient (Wildman–Crippen LogP) is 2.03. The van der Waals surface area contributed by atoms with Crippen molar-refractivity contribution in [3.63, 3.8) is 0 Å². The molecule has 124 valence electrons. The van der Waals surface area contributed by atoms with Crippen molar-refractivity contribution < 1.29 is 4.79 Å². The van der Waals surface area contributed by atoms with Gasteiger partial charge in [0, 0.05) is 10.9 Å². The first-order valence-corrected chi connectivity index (χ1v) is 8.46. The quantitative estimate of drug-likeness (QED) is 0.758. The first-order chi connectivity index (χ1) is 11.4. The maximum absolute atomic E-state index is 12.8. The second kappa shape index (κ2) is 6.09. The Kier molecular flexibility index (Phi) is 4.11. The van der Waals surface area contributed by atoms with Gasteiger partial charge >= 0.3 is 5.69 Å². The van der Waals surface area contributed by atoms with Crippen molar-refractivity contribution in [1.29, 1.82) is 0 Å². The topological polar surface area (TPSA) is 97.9 Å². The third-order valence-corrected chi connectivity index (χ3v) is 5.03. The molecule has 1 amide bonds. The fourth-order valence-electron chi connectivity index (χ4n) is 2.64. The molecule has 0 aliphatic heterocycles. The van der Waals surface area contributed by atoms with Crippen molar-refractivity contribution in [2.45, 2.75) is 26.3 Å². The van der Waals surface area contributed by atoms with E-state index in [-0.39, 0.29) is 0 Å².